The largest absolute Gasteiger partial charge is 0.316 e. The van der Waals surface area contributed by atoms with E-state index in [9.17, 15) is 4.79 Å². The number of rotatable bonds is 0. The normalized spacial score (nSPS) is 42.4. The second-order valence-corrected chi connectivity index (χ2v) is 7.86. The molecular weight excluding hydrogens is 260 g/mol. The van der Waals surface area contributed by atoms with Crippen LogP contribution in [-0.4, -0.2) is 29.4 Å². The van der Waals surface area contributed by atoms with E-state index in [0.29, 0.717) is 0 Å². The van der Waals surface area contributed by atoms with Crippen molar-refractivity contribution in [3.05, 3.63) is 11.3 Å². The van der Waals surface area contributed by atoms with Crippen LogP contribution in [0.5, 0.6) is 0 Å². The molecule has 4 aliphatic rings. The number of amides is 1. The molecule has 1 amide bonds. The van der Waals surface area contributed by atoms with Crippen molar-refractivity contribution in [2.75, 3.05) is 13.1 Å². The first-order valence-electron chi connectivity index (χ1n) is 8.87. The summed E-state index contributed by atoms with van der Waals surface area (Å²) in [7, 11) is 0. The summed E-state index contributed by atoms with van der Waals surface area (Å²) in [6.45, 7) is 6.27. The molecular formula is C18H28N2O. The molecule has 4 atom stereocenters. The van der Waals surface area contributed by atoms with E-state index in [-0.39, 0.29) is 11.4 Å². The molecule has 4 rings (SSSR count). The van der Waals surface area contributed by atoms with Gasteiger partial charge in [0.1, 0.15) is 0 Å². The molecule has 1 N–H and O–H groups in total. The van der Waals surface area contributed by atoms with E-state index < -0.39 is 0 Å². The first-order valence-corrected chi connectivity index (χ1v) is 8.87. The van der Waals surface area contributed by atoms with Crippen molar-refractivity contribution >= 4 is 5.91 Å². The van der Waals surface area contributed by atoms with Gasteiger partial charge in [-0.2, -0.15) is 0 Å². The van der Waals surface area contributed by atoms with E-state index in [1.54, 1.807) is 12.5 Å². The van der Waals surface area contributed by atoms with E-state index >= 15 is 0 Å². The molecule has 3 heteroatoms. The SMILES string of the molecule is CC(=O)N1CCCC2=C1C[C@@H]1C[C@@H](C)C[C@]23NCCC[C@@H]13. The van der Waals surface area contributed by atoms with E-state index in [2.05, 4.69) is 17.1 Å². The molecule has 2 aliphatic carbocycles. The predicted molar refractivity (Wildman–Crippen MR) is 83.6 cm³/mol. The molecule has 0 aromatic heterocycles. The van der Waals surface area contributed by atoms with Crippen LogP contribution in [-0.2, 0) is 4.79 Å². The van der Waals surface area contributed by atoms with Crippen molar-refractivity contribution in [2.45, 2.75) is 64.3 Å². The maximum Gasteiger partial charge on any atom is 0.223 e. The van der Waals surface area contributed by atoms with Gasteiger partial charge in [0.15, 0.2) is 0 Å². The Morgan fingerprint density at radius 2 is 2.24 bits per heavy atom. The topological polar surface area (TPSA) is 32.3 Å². The van der Waals surface area contributed by atoms with Crippen LogP contribution < -0.4 is 5.32 Å². The predicted octanol–water partition coefficient (Wildman–Crippen LogP) is 3.07. The van der Waals surface area contributed by atoms with Gasteiger partial charge < -0.3 is 10.2 Å². The molecule has 0 unspecified atom stereocenters. The maximum absolute atomic E-state index is 12.1. The Kier molecular flexibility index (Phi) is 3.18. The molecule has 21 heavy (non-hydrogen) atoms. The quantitative estimate of drug-likeness (QED) is 0.743. The zero-order chi connectivity index (χ0) is 14.6. The minimum absolute atomic E-state index is 0.238. The fraction of sp³-hybridized carbons (Fsp3) is 0.833. The standard InChI is InChI=1S/C18H28N2O/c1-12-9-14-10-17-16(6-4-8-20(17)13(2)21)18(11-12)15(14)5-3-7-19-18/h12,14-15,19H,3-11H2,1-2H3/t12-,14+,15+,18-/m1/s1. The highest BCUT2D eigenvalue weighted by Gasteiger charge is 2.55. The Morgan fingerprint density at radius 3 is 3.05 bits per heavy atom. The number of piperidine rings is 1. The Morgan fingerprint density at radius 1 is 1.38 bits per heavy atom. The molecule has 2 aliphatic heterocycles. The third-order valence-corrected chi connectivity index (χ3v) is 6.57. The minimum atomic E-state index is 0.238. The molecule has 1 saturated heterocycles. The van der Waals surface area contributed by atoms with Gasteiger partial charge in [-0.1, -0.05) is 6.92 Å². The zero-order valence-electron chi connectivity index (χ0n) is 13.5. The summed E-state index contributed by atoms with van der Waals surface area (Å²) in [5.74, 6) is 2.69. The average Bonchev–Trinajstić information content (AvgIpc) is 2.46. The second-order valence-electron chi connectivity index (χ2n) is 7.86. The smallest absolute Gasteiger partial charge is 0.223 e. The van der Waals surface area contributed by atoms with Crippen molar-refractivity contribution in [3.8, 4) is 0 Å². The third kappa shape index (κ3) is 1.93. The summed E-state index contributed by atoms with van der Waals surface area (Å²) < 4.78 is 0. The lowest BCUT2D eigenvalue weighted by atomic mass is 9.53. The zero-order valence-corrected chi connectivity index (χ0v) is 13.5. The molecule has 2 fully saturated rings. The minimum Gasteiger partial charge on any atom is -0.316 e. The highest BCUT2D eigenvalue weighted by atomic mass is 16.2. The van der Waals surface area contributed by atoms with Gasteiger partial charge >= 0.3 is 0 Å². The summed E-state index contributed by atoms with van der Waals surface area (Å²) in [6, 6.07) is 0. The number of carbonyl (C=O) groups excluding carboxylic acids is 1. The number of nitrogens with zero attached hydrogens (tertiary/aromatic N) is 1. The summed E-state index contributed by atoms with van der Waals surface area (Å²) in [6.07, 6.45) is 8.88. The van der Waals surface area contributed by atoms with Crippen LogP contribution in [0.25, 0.3) is 0 Å². The third-order valence-electron chi connectivity index (χ3n) is 6.57. The van der Waals surface area contributed by atoms with Crippen LogP contribution in [0.3, 0.4) is 0 Å². The van der Waals surface area contributed by atoms with Crippen LogP contribution in [0.4, 0.5) is 0 Å². The first-order chi connectivity index (χ1) is 10.1. The van der Waals surface area contributed by atoms with Crippen LogP contribution in [0.1, 0.15) is 58.8 Å². The van der Waals surface area contributed by atoms with Crippen LogP contribution in [0.15, 0.2) is 11.3 Å². The first kappa shape index (κ1) is 13.8. The number of carbonyl (C=O) groups is 1. The van der Waals surface area contributed by atoms with Crippen molar-refractivity contribution < 1.29 is 4.79 Å². The van der Waals surface area contributed by atoms with Crippen molar-refractivity contribution in [3.63, 3.8) is 0 Å². The van der Waals surface area contributed by atoms with Gasteiger partial charge in [0, 0.05) is 24.7 Å². The maximum atomic E-state index is 12.1. The molecule has 2 bridgehead atoms. The van der Waals surface area contributed by atoms with Crippen LogP contribution in [0.2, 0.25) is 0 Å². The van der Waals surface area contributed by atoms with Crippen molar-refractivity contribution in [2.24, 2.45) is 17.8 Å². The van der Waals surface area contributed by atoms with Gasteiger partial charge in [0.05, 0.1) is 0 Å². The van der Waals surface area contributed by atoms with E-state index in [0.717, 1.165) is 43.7 Å². The average molecular weight is 288 g/mol. The number of nitrogens with one attached hydrogen (secondary N) is 1. The molecule has 0 aromatic carbocycles. The number of hydrogen-bond acceptors (Lipinski definition) is 2. The second kappa shape index (κ2) is 4.84. The molecule has 116 valence electrons. The highest BCUT2D eigenvalue weighted by Crippen LogP contribution is 2.56. The molecule has 0 spiro atoms. The lowest BCUT2D eigenvalue weighted by Crippen LogP contribution is -2.64. The number of allylic oxidation sites excluding steroid dienone is 1. The van der Waals surface area contributed by atoms with Gasteiger partial charge in [-0.3, -0.25) is 4.79 Å². The molecule has 2 heterocycles. The lowest BCUT2D eigenvalue weighted by Gasteiger charge is -2.60. The summed E-state index contributed by atoms with van der Waals surface area (Å²) in [4.78, 5) is 14.2. The fourth-order valence-corrected chi connectivity index (χ4v) is 6.03. The molecule has 0 aromatic rings. The Labute approximate surface area is 128 Å². The van der Waals surface area contributed by atoms with Gasteiger partial charge in [0.2, 0.25) is 5.91 Å². The van der Waals surface area contributed by atoms with E-state index in [1.165, 1.54) is 37.8 Å². The number of hydrogen-bond donors (Lipinski definition) is 1. The van der Waals surface area contributed by atoms with Gasteiger partial charge in [0.25, 0.3) is 0 Å². The summed E-state index contributed by atoms with van der Waals surface area (Å²) >= 11 is 0. The fourth-order valence-electron chi connectivity index (χ4n) is 6.03. The van der Waals surface area contributed by atoms with Gasteiger partial charge in [-0.25, -0.2) is 0 Å². The van der Waals surface area contributed by atoms with Crippen molar-refractivity contribution in [1.29, 1.82) is 0 Å². The molecule has 1 saturated carbocycles. The summed E-state index contributed by atoms with van der Waals surface area (Å²) in [5.41, 5.74) is 3.27. The van der Waals surface area contributed by atoms with Crippen molar-refractivity contribution in [1.82, 2.24) is 10.2 Å². The van der Waals surface area contributed by atoms with E-state index in [4.69, 9.17) is 0 Å². The molecule has 3 nitrogen and oxygen atoms in total. The highest BCUT2D eigenvalue weighted by molar-refractivity contribution is 5.76. The Balaban J connectivity index is 1.83. The van der Waals surface area contributed by atoms with E-state index in [1.807, 2.05) is 0 Å². The van der Waals surface area contributed by atoms with Crippen LogP contribution in [0, 0.1) is 17.8 Å². The summed E-state index contributed by atoms with van der Waals surface area (Å²) in [5, 5.41) is 3.96. The molecule has 0 radical (unpaired) electrons. The Bertz CT molecular complexity index is 497. The Hall–Kier alpha value is -0.830. The van der Waals surface area contributed by atoms with Crippen LogP contribution >= 0.6 is 0 Å². The lowest BCUT2D eigenvalue weighted by molar-refractivity contribution is -0.128. The van der Waals surface area contributed by atoms with Gasteiger partial charge in [-0.05, 0) is 74.8 Å². The van der Waals surface area contributed by atoms with Gasteiger partial charge in [-0.15, -0.1) is 0 Å². The monoisotopic (exact) mass is 288 g/mol.